The van der Waals surface area contributed by atoms with Gasteiger partial charge in [-0.05, 0) is 37.6 Å². The first-order valence-electron chi connectivity index (χ1n) is 10.3. The average molecular weight is 433 g/mol. The van der Waals surface area contributed by atoms with Gasteiger partial charge in [0.05, 0.1) is 36.2 Å². The molecule has 0 amide bonds. The lowest BCUT2D eigenvalue weighted by Gasteiger charge is -2.29. The minimum absolute atomic E-state index is 0.739. The zero-order valence-electron chi connectivity index (χ0n) is 17.6. The number of anilines is 2. The minimum atomic E-state index is 0.739. The van der Waals surface area contributed by atoms with Crippen molar-refractivity contribution >= 4 is 39.0 Å². The molecule has 31 heavy (non-hydrogen) atoms. The quantitative estimate of drug-likeness (QED) is 0.335. The Kier molecular flexibility index (Phi) is 5.44. The van der Waals surface area contributed by atoms with Crippen molar-refractivity contribution in [3.05, 3.63) is 65.7 Å². The molecule has 1 N–H and O–H groups in total. The maximum atomic E-state index is 5.56. The number of benzene rings is 2. The molecular formula is C24H24N4O2S. The monoisotopic (exact) mass is 432 g/mol. The van der Waals surface area contributed by atoms with Crippen molar-refractivity contribution < 1.29 is 9.15 Å². The van der Waals surface area contributed by atoms with Crippen molar-refractivity contribution in [2.45, 2.75) is 13.8 Å². The van der Waals surface area contributed by atoms with Crippen molar-refractivity contribution in [1.29, 1.82) is 0 Å². The van der Waals surface area contributed by atoms with Crippen LogP contribution in [0.4, 0.5) is 11.4 Å². The topological polar surface area (TPSA) is 62.9 Å². The second-order valence-electron chi connectivity index (χ2n) is 7.77. The van der Waals surface area contributed by atoms with Crippen LogP contribution in [0, 0.1) is 13.8 Å². The molecule has 158 valence electrons. The molecule has 7 heteroatoms. The van der Waals surface area contributed by atoms with Crippen LogP contribution in [0.5, 0.6) is 0 Å². The highest BCUT2D eigenvalue weighted by Crippen LogP contribution is 2.40. The van der Waals surface area contributed by atoms with Crippen LogP contribution < -0.4 is 10.3 Å². The smallest absolute Gasteiger partial charge is 0.181 e. The Morgan fingerprint density at radius 1 is 1.06 bits per heavy atom. The van der Waals surface area contributed by atoms with Gasteiger partial charge in [0, 0.05) is 28.9 Å². The van der Waals surface area contributed by atoms with E-state index in [0.29, 0.717) is 0 Å². The number of hydrazone groups is 1. The predicted octanol–water partition coefficient (Wildman–Crippen LogP) is 5.46. The van der Waals surface area contributed by atoms with Gasteiger partial charge in [0.15, 0.2) is 12.2 Å². The van der Waals surface area contributed by atoms with E-state index in [-0.39, 0.29) is 0 Å². The molecule has 3 heterocycles. The molecule has 0 spiro atoms. The lowest BCUT2D eigenvalue weighted by molar-refractivity contribution is 0.123. The number of aryl methyl sites for hydroxylation is 2. The third-order valence-electron chi connectivity index (χ3n) is 5.29. The molecule has 0 bridgehead atoms. The van der Waals surface area contributed by atoms with E-state index in [4.69, 9.17) is 9.15 Å². The number of hydrogen-bond donors (Lipinski definition) is 1. The van der Waals surface area contributed by atoms with Crippen molar-refractivity contribution in [3.8, 4) is 10.6 Å². The number of hydrogen-bond acceptors (Lipinski definition) is 7. The molecule has 0 unspecified atom stereocenters. The van der Waals surface area contributed by atoms with Gasteiger partial charge in [-0.15, -0.1) is 11.3 Å². The number of oxazole rings is 1. The zero-order valence-corrected chi connectivity index (χ0v) is 18.4. The zero-order chi connectivity index (χ0) is 21.2. The van der Waals surface area contributed by atoms with Crippen molar-refractivity contribution in [3.63, 3.8) is 0 Å². The average Bonchev–Trinajstić information content (AvgIpc) is 3.43. The van der Waals surface area contributed by atoms with Gasteiger partial charge in [-0.25, -0.2) is 4.98 Å². The molecule has 0 saturated carbocycles. The first-order chi connectivity index (χ1) is 15.2. The van der Waals surface area contributed by atoms with Gasteiger partial charge in [-0.1, -0.05) is 29.3 Å². The molecule has 1 fully saturated rings. The van der Waals surface area contributed by atoms with Crippen molar-refractivity contribution in [1.82, 2.24) is 4.98 Å². The Balaban J connectivity index is 1.49. The van der Waals surface area contributed by atoms with Gasteiger partial charge < -0.3 is 14.1 Å². The second kappa shape index (κ2) is 8.53. The molecule has 0 atom stereocenters. The summed E-state index contributed by atoms with van der Waals surface area (Å²) in [5.74, 6) is 0.788. The minimum Gasteiger partial charge on any atom is -0.443 e. The van der Waals surface area contributed by atoms with Crippen molar-refractivity contribution in [2.24, 2.45) is 5.10 Å². The third-order valence-corrected chi connectivity index (χ3v) is 6.39. The Bertz CT molecular complexity index is 1200. The van der Waals surface area contributed by atoms with E-state index in [9.17, 15) is 0 Å². The fourth-order valence-corrected chi connectivity index (χ4v) is 5.05. The molecule has 1 aliphatic heterocycles. The Morgan fingerprint density at radius 2 is 1.87 bits per heavy atom. The van der Waals surface area contributed by atoms with Gasteiger partial charge >= 0.3 is 0 Å². The molecule has 0 radical (unpaired) electrons. The van der Waals surface area contributed by atoms with Gasteiger partial charge in [0.25, 0.3) is 0 Å². The van der Waals surface area contributed by atoms with E-state index in [1.54, 1.807) is 17.5 Å². The highest BCUT2D eigenvalue weighted by atomic mass is 32.1. The largest absolute Gasteiger partial charge is 0.443 e. The highest BCUT2D eigenvalue weighted by molar-refractivity contribution is 7.22. The number of morpholine rings is 1. The molecule has 0 aliphatic carbocycles. The van der Waals surface area contributed by atoms with Crippen LogP contribution in [0.3, 0.4) is 0 Å². The number of ether oxygens (including phenoxy) is 1. The molecular weight excluding hydrogens is 408 g/mol. The summed E-state index contributed by atoms with van der Waals surface area (Å²) in [6.07, 6.45) is 5.09. The lowest BCUT2D eigenvalue weighted by Crippen LogP contribution is -2.36. The van der Waals surface area contributed by atoms with E-state index in [1.807, 2.05) is 6.21 Å². The first-order valence-corrected chi connectivity index (χ1v) is 11.1. The van der Waals surface area contributed by atoms with Gasteiger partial charge in [0.1, 0.15) is 0 Å². The molecule has 1 saturated heterocycles. The van der Waals surface area contributed by atoms with E-state index in [1.165, 1.54) is 33.3 Å². The molecule has 5 rings (SSSR count). The van der Waals surface area contributed by atoms with Crippen LogP contribution >= 0.6 is 11.3 Å². The van der Waals surface area contributed by atoms with Crippen LogP contribution in [0.1, 0.15) is 16.7 Å². The van der Waals surface area contributed by atoms with Gasteiger partial charge in [0.2, 0.25) is 0 Å². The molecule has 2 aromatic heterocycles. The van der Waals surface area contributed by atoms with Crippen LogP contribution in [-0.2, 0) is 4.74 Å². The maximum Gasteiger partial charge on any atom is 0.181 e. The SMILES string of the molecule is Cc1cc(C)cc(/C=N/Nc2cc(N3CCOCC3)c3cc(-c4cnco4)sc3c2)c1. The molecule has 4 aromatic rings. The lowest BCUT2D eigenvalue weighted by atomic mass is 10.1. The standard InChI is InChI=1S/C24H24N4O2S/c1-16-7-17(2)9-18(8-16)13-26-27-19-10-21(28-3-5-29-6-4-28)20-12-24(31-23(20)11-19)22-14-25-15-30-22/h7-15,27H,3-6H2,1-2H3/b26-13+. The molecule has 1 aliphatic rings. The Labute approximate surface area is 185 Å². The Hall–Kier alpha value is -3.16. The number of fused-ring (bicyclic) bond motifs is 1. The van der Waals surface area contributed by atoms with E-state index >= 15 is 0 Å². The summed E-state index contributed by atoms with van der Waals surface area (Å²) in [4.78, 5) is 7.51. The third kappa shape index (κ3) is 4.33. The summed E-state index contributed by atoms with van der Waals surface area (Å²) in [5, 5.41) is 5.71. The summed E-state index contributed by atoms with van der Waals surface area (Å²) in [7, 11) is 0. The van der Waals surface area contributed by atoms with E-state index in [0.717, 1.165) is 48.2 Å². The van der Waals surface area contributed by atoms with Gasteiger partial charge in [-0.2, -0.15) is 5.10 Å². The van der Waals surface area contributed by atoms with Crippen LogP contribution in [0.15, 0.2) is 58.5 Å². The van der Waals surface area contributed by atoms with E-state index in [2.05, 4.69) is 70.7 Å². The van der Waals surface area contributed by atoms with Gasteiger partial charge in [-0.3, -0.25) is 5.43 Å². The van der Waals surface area contributed by atoms with Crippen LogP contribution in [0.2, 0.25) is 0 Å². The maximum absolute atomic E-state index is 5.56. The number of nitrogens with zero attached hydrogens (tertiary/aromatic N) is 3. The fourth-order valence-electron chi connectivity index (χ4n) is 3.98. The van der Waals surface area contributed by atoms with Crippen molar-refractivity contribution in [2.75, 3.05) is 36.6 Å². The predicted molar refractivity (Wildman–Crippen MR) is 127 cm³/mol. The summed E-state index contributed by atoms with van der Waals surface area (Å²) in [6, 6.07) is 12.9. The normalized spacial score (nSPS) is 14.6. The second-order valence-corrected chi connectivity index (χ2v) is 8.86. The fraction of sp³-hybridized carbons (Fsp3) is 0.250. The molecule has 2 aromatic carbocycles. The summed E-state index contributed by atoms with van der Waals surface area (Å²) < 4.78 is 12.3. The summed E-state index contributed by atoms with van der Waals surface area (Å²) in [5.41, 5.74) is 8.93. The molecule has 6 nitrogen and oxygen atoms in total. The summed E-state index contributed by atoms with van der Waals surface area (Å²) >= 11 is 1.70. The number of thiophene rings is 1. The first kappa shape index (κ1) is 19.8. The summed E-state index contributed by atoms with van der Waals surface area (Å²) in [6.45, 7) is 7.43. The number of aromatic nitrogens is 1. The van der Waals surface area contributed by atoms with Crippen LogP contribution in [-0.4, -0.2) is 37.5 Å². The number of rotatable bonds is 5. The highest BCUT2D eigenvalue weighted by Gasteiger charge is 2.18. The van der Waals surface area contributed by atoms with Crippen LogP contribution in [0.25, 0.3) is 20.7 Å². The number of nitrogens with one attached hydrogen (secondary N) is 1. The van der Waals surface area contributed by atoms with E-state index < -0.39 is 0 Å². The Morgan fingerprint density at radius 3 is 2.61 bits per heavy atom.